The molecule has 3 rings (SSSR count). The summed E-state index contributed by atoms with van der Waals surface area (Å²) in [6.45, 7) is 5.89. The highest BCUT2D eigenvalue weighted by Gasteiger charge is 2.05. The Morgan fingerprint density at radius 3 is 2.55 bits per heavy atom. The minimum atomic E-state index is -0.180. The number of hydrogen-bond donors (Lipinski definition) is 1. The number of aromatic nitrogens is 2. The third-order valence-corrected chi connectivity index (χ3v) is 4.46. The van der Waals surface area contributed by atoms with E-state index in [1.165, 1.54) is 6.07 Å². The zero-order valence-corrected chi connectivity index (χ0v) is 17.2. The molecule has 0 unspecified atom stereocenters. The molecule has 29 heavy (non-hydrogen) atoms. The Balaban J connectivity index is 1.62. The second-order valence-electron chi connectivity index (χ2n) is 6.59. The minimum Gasteiger partial charge on any atom is -0.492 e. The molecule has 2 aromatic heterocycles. The molecule has 0 saturated heterocycles. The third kappa shape index (κ3) is 6.07. The number of halogens is 1. The highest BCUT2D eigenvalue weighted by Crippen LogP contribution is 2.16. The van der Waals surface area contributed by atoms with Crippen LogP contribution in [-0.4, -0.2) is 28.7 Å². The second-order valence-corrected chi connectivity index (χ2v) is 7.03. The van der Waals surface area contributed by atoms with Crippen molar-refractivity contribution in [3.05, 3.63) is 82.0 Å². The molecule has 152 valence electrons. The van der Waals surface area contributed by atoms with Crippen LogP contribution < -0.4 is 20.3 Å². The number of hydrogen-bond acceptors (Lipinski definition) is 5. The van der Waals surface area contributed by atoms with Crippen molar-refractivity contribution < 1.29 is 9.47 Å². The maximum Gasteiger partial charge on any atom is 0.258 e. The van der Waals surface area contributed by atoms with Crippen LogP contribution in [0.2, 0.25) is 5.02 Å². The lowest BCUT2D eigenvalue weighted by Gasteiger charge is -2.14. The number of likely N-dealkylation sites (N-methyl/N-ethyl adjacent to an activating group) is 1. The van der Waals surface area contributed by atoms with E-state index in [0.29, 0.717) is 17.4 Å². The van der Waals surface area contributed by atoms with E-state index in [1.807, 2.05) is 24.3 Å². The molecule has 1 aromatic carbocycles. The van der Waals surface area contributed by atoms with Gasteiger partial charge in [0.15, 0.2) is 0 Å². The number of nitrogens with zero attached hydrogens (tertiary/aromatic N) is 2. The van der Waals surface area contributed by atoms with Gasteiger partial charge in [0.05, 0.1) is 10.7 Å². The number of rotatable bonds is 9. The lowest BCUT2D eigenvalue weighted by atomic mass is 10.3. The molecule has 1 atom stereocenters. The van der Waals surface area contributed by atoms with Crippen LogP contribution in [0.5, 0.6) is 11.5 Å². The van der Waals surface area contributed by atoms with E-state index in [4.69, 9.17) is 21.1 Å². The lowest BCUT2D eigenvalue weighted by Crippen LogP contribution is -2.31. The molecule has 7 heteroatoms. The fourth-order valence-electron chi connectivity index (χ4n) is 2.74. The molecule has 0 amide bonds. The molecular weight excluding hydrogens is 390 g/mol. The van der Waals surface area contributed by atoms with Crippen molar-refractivity contribution in [1.82, 2.24) is 14.9 Å². The van der Waals surface area contributed by atoms with Gasteiger partial charge in [-0.3, -0.25) is 14.3 Å². The number of pyridine rings is 2. The average Bonchev–Trinajstić information content (AvgIpc) is 2.73. The monoisotopic (exact) mass is 413 g/mol. The third-order valence-electron chi connectivity index (χ3n) is 4.23. The summed E-state index contributed by atoms with van der Waals surface area (Å²) < 4.78 is 13.0. The highest BCUT2D eigenvalue weighted by molar-refractivity contribution is 6.30. The van der Waals surface area contributed by atoms with E-state index in [-0.39, 0.29) is 18.2 Å². The fraction of sp³-hybridized carbons (Fsp3) is 0.273. The van der Waals surface area contributed by atoms with Crippen molar-refractivity contribution in [2.75, 3.05) is 13.2 Å². The minimum absolute atomic E-state index is 0.180. The Morgan fingerprint density at radius 2 is 1.90 bits per heavy atom. The molecule has 0 saturated carbocycles. The molecule has 0 spiro atoms. The Morgan fingerprint density at radius 1 is 1.10 bits per heavy atom. The molecule has 0 aliphatic heterocycles. The van der Waals surface area contributed by atoms with Crippen molar-refractivity contribution >= 4 is 11.6 Å². The van der Waals surface area contributed by atoms with Gasteiger partial charge in [0.2, 0.25) is 0 Å². The zero-order valence-electron chi connectivity index (χ0n) is 16.5. The Bertz CT molecular complexity index is 972. The van der Waals surface area contributed by atoms with Crippen LogP contribution in [0.15, 0.2) is 65.7 Å². The first-order chi connectivity index (χ1) is 14.0. The largest absolute Gasteiger partial charge is 0.492 e. The lowest BCUT2D eigenvalue weighted by molar-refractivity contribution is 0.275. The number of nitrogens with one attached hydrogen (secondary N) is 1. The van der Waals surface area contributed by atoms with E-state index in [1.54, 1.807) is 35.2 Å². The van der Waals surface area contributed by atoms with Gasteiger partial charge in [-0.1, -0.05) is 18.5 Å². The van der Waals surface area contributed by atoms with Crippen molar-refractivity contribution in [3.8, 4) is 17.2 Å². The van der Waals surface area contributed by atoms with Crippen molar-refractivity contribution in [2.24, 2.45) is 0 Å². The summed E-state index contributed by atoms with van der Waals surface area (Å²) in [5.74, 6) is 1.25. The molecule has 0 radical (unpaired) electrons. The molecule has 0 aliphatic rings. The van der Waals surface area contributed by atoms with Gasteiger partial charge in [0, 0.05) is 30.2 Å². The van der Waals surface area contributed by atoms with Crippen molar-refractivity contribution in [1.29, 1.82) is 0 Å². The molecule has 3 aromatic rings. The van der Waals surface area contributed by atoms with Crippen LogP contribution in [0.1, 0.15) is 19.5 Å². The maximum atomic E-state index is 12.5. The van der Waals surface area contributed by atoms with Gasteiger partial charge in [-0.15, -0.1) is 0 Å². The molecular formula is C22H24ClN3O3. The van der Waals surface area contributed by atoms with Crippen LogP contribution in [0, 0.1) is 0 Å². The van der Waals surface area contributed by atoms with Crippen molar-refractivity contribution in [2.45, 2.75) is 26.5 Å². The van der Waals surface area contributed by atoms with Crippen LogP contribution in [0.25, 0.3) is 5.69 Å². The molecule has 0 aliphatic carbocycles. The van der Waals surface area contributed by atoms with E-state index in [2.05, 4.69) is 24.1 Å². The van der Waals surface area contributed by atoms with E-state index in [9.17, 15) is 4.79 Å². The maximum absolute atomic E-state index is 12.5. The van der Waals surface area contributed by atoms with Gasteiger partial charge < -0.3 is 14.8 Å². The summed E-state index contributed by atoms with van der Waals surface area (Å²) in [5.41, 5.74) is 1.31. The van der Waals surface area contributed by atoms with Gasteiger partial charge in [0.25, 0.3) is 5.56 Å². The van der Waals surface area contributed by atoms with E-state index in [0.717, 1.165) is 23.7 Å². The van der Waals surface area contributed by atoms with Crippen LogP contribution in [0.4, 0.5) is 0 Å². The van der Waals surface area contributed by atoms with Gasteiger partial charge in [-0.25, -0.2) is 0 Å². The van der Waals surface area contributed by atoms with Crippen LogP contribution in [-0.2, 0) is 6.61 Å². The van der Waals surface area contributed by atoms with E-state index < -0.39 is 0 Å². The first-order valence-corrected chi connectivity index (χ1v) is 9.85. The number of benzene rings is 1. The summed E-state index contributed by atoms with van der Waals surface area (Å²) in [6.07, 6.45) is 3.25. The quantitative estimate of drug-likeness (QED) is 0.577. The molecule has 1 N–H and O–H groups in total. The number of ether oxygens (including phenoxy) is 2. The summed E-state index contributed by atoms with van der Waals surface area (Å²) in [5, 5.41) is 3.87. The van der Waals surface area contributed by atoms with E-state index >= 15 is 0 Å². The average molecular weight is 414 g/mol. The zero-order chi connectivity index (χ0) is 20.6. The van der Waals surface area contributed by atoms with Crippen LogP contribution in [0.3, 0.4) is 0 Å². The summed E-state index contributed by atoms with van der Waals surface area (Å²) in [7, 11) is 0. The molecule has 2 heterocycles. The van der Waals surface area contributed by atoms with Crippen LogP contribution >= 0.6 is 11.6 Å². The normalized spacial score (nSPS) is 11.8. The Labute approximate surface area is 175 Å². The smallest absolute Gasteiger partial charge is 0.258 e. The van der Waals surface area contributed by atoms with Gasteiger partial charge in [-0.05, 0) is 55.9 Å². The second kappa shape index (κ2) is 10.1. The fourth-order valence-corrected chi connectivity index (χ4v) is 2.86. The predicted octanol–water partition coefficient (Wildman–Crippen LogP) is 3.84. The van der Waals surface area contributed by atoms with Gasteiger partial charge in [-0.2, -0.15) is 0 Å². The SMILES string of the molecule is CCN[C@@H](C)COc1ccc(-n2ccc(OCc3ccc(Cl)cn3)cc2=O)cc1. The Hall–Kier alpha value is -2.83. The highest BCUT2D eigenvalue weighted by atomic mass is 35.5. The Kier molecular flexibility index (Phi) is 7.27. The predicted molar refractivity (Wildman–Crippen MR) is 114 cm³/mol. The van der Waals surface area contributed by atoms with Crippen molar-refractivity contribution in [3.63, 3.8) is 0 Å². The first-order valence-electron chi connectivity index (χ1n) is 9.47. The summed E-state index contributed by atoms with van der Waals surface area (Å²) in [6, 6.07) is 14.4. The molecule has 0 bridgehead atoms. The topological polar surface area (TPSA) is 65.4 Å². The van der Waals surface area contributed by atoms with Gasteiger partial charge in [0.1, 0.15) is 24.7 Å². The summed E-state index contributed by atoms with van der Waals surface area (Å²) in [4.78, 5) is 16.6. The summed E-state index contributed by atoms with van der Waals surface area (Å²) >= 11 is 5.82. The molecule has 0 fully saturated rings. The standard InChI is InChI=1S/C22H24ClN3O3/c1-3-24-16(2)14-28-20-8-6-19(7-9-20)26-11-10-21(12-22(26)27)29-15-18-5-4-17(23)13-25-18/h4-13,16,24H,3,14-15H2,1-2H3/t16-/m0/s1. The van der Waals surface area contributed by atoms with Gasteiger partial charge >= 0.3 is 0 Å². The first kappa shape index (κ1) is 20.9. The molecule has 6 nitrogen and oxygen atoms in total.